The van der Waals surface area contributed by atoms with Gasteiger partial charge in [0, 0.05) is 5.71 Å². The van der Waals surface area contributed by atoms with Gasteiger partial charge in [-0.25, -0.2) is 4.39 Å². The van der Waals surface area contributed by atoms with E-state index in [1.54, 1.807) is 13.2 Å². The number of benzene rings is 2. The summed E-state index contributed by atoms with van der Waals surface area (Å²) < 4.78 is 18.6. The molecule has 0 aliphatic heterocycles. The van der Waals surface area contributed by atoms with Crippen molar-refractivity contribution in [3.05, 3.63) is 58.9 Å². The number of hydrogen-bond donors (Lipinski definition) is 0. The van der Waals surface area contributed by atoms with Gasteiger partial charge in [0.25, 0.3) is 0 Å². The number of hydrogen-bond acceptors (Lipinski definition) is 2. The van der Waals surface area contributed by atoms with Gasteiger partial charge in [-0.1, -0.05) is 12.1 Å². The van der Waals surface area contributed by atoms with E-state index in [1.165, 1.54) is 12.1 Å². The highest BCUT2D eigenvalue weighted by molar-refractivity contribution is 6.00. The van der Waals surface area contributed by atoms with Gasteiger partial charge in [-0.15, -0.1) is 0 Å². The van der Waals surface area contributed by atoms with Crippen molar-refractivity contribution in [1.29, 1.82) is 0 Å². The first-order valence-electron chi connectivity index (χ1n) is 6.47. The van der Waals surface area contributed by atoms with E-state index in [2.05, 4.69) is 4.99 Å². The standard InChI is InChI=1S/C17H18FNO/c1-11-8-16(9-12(2)17(11)20-4)19-13(3)14-6-5-7-15(18)10-14/h5-10H,1-4H3. The zero-order chi connectivity index (χ0) is 14.7. The lowest BCUT2D eigenvalue weighted by atomic mass is 10.1. The van der Waals surface area contributed by atoms with Crippen molar-refractivity contribution in [3.63, 3.8) is 0 Å². The Kier molecular flexibility index (Phi) is 4.18. The number of ether oxygens (including phenoxy) is 1. The van der Waals surface area contributed by atoms with E-state index in [0.717, 1.165) is 33.8 Å². The van der Waals surface area contributed by atoms with Crippen molar-refractivity contribution in [2.45, 2.75) is 20.8 Å². The Morgan fingerprint density at radius 2 is 1.75 bits per heavy atom. The van der Waals surface area contributed by atoms with Gasteiger partial charge in [-0.2, -0.15) is 0 Å². The van der Waals surface area contributed by atoms with E-state index in [4.69, 9.17) is 4.74 Å². The second-order valence-corrected chi connectivity index (χ2v) is 4.82. The molecule has 0 aliphatic carbocycles. The molecule has 0 bridgehead atoms. The van der Waals surface area contributed by atoms with Crippen LogP contribution in [-0.4, -0.2) is 12.8 Å². The molecule has 0 aliphatic rings. The zero-order valence-electron chi connectivity index (χ0n) is 12.2. The molecule has 2 aromatic carbocycles. The number of halogens is 1. The number of nitrogens with zero attached hydrogens (tertiary/aromatic N) is 1. The normalized spacial score (nSPS) is 11.6. The Hall–Kier alpha value is -2.16. The summed E-state index contributed by atoms with van der Waals surface area (Å²) in [7, 11) is 1.66. The minimum Gasteiger partial charge on any atom is -0.496 e. The minimum absolute atomic E-state index is 0.251. The number of rotatable bonds is 3. The summed E-state index contributed by atoms with van der Waals surface area (Å²) in [6.45, 7) is 5.86. The Labute approximate surface area is 118 Å². The number of methoxy groups -OCH3 is 1. The predicted molar refractivity (Wildman–Crippen MR) is 80.7 cm³/mol. The fourth-order valence-electron chi connectivity index (χ4n) is 2.29. The maximum atomic E-state index is 13.2. The first kappa shape index (κ1) is 14.3. The van der Waals surface area contributed by atoms with Gasteiger partial charge >= 0.3 is 0 Å². The van der Waals surface area contributed by atoms with Gasteiger partial charge in [0.15, 0.2) is 0 Å². The van der Waals surface area contributed by atoms with Gasteiger partial charge in [0.05, 0.1) is 12.8 Å². The molecule has 0 saturated carbocycles. The lowest BCUT2D eigenvalue weighted by Crippen LogP contribution is -1.95. The quantitative estimate of drug-likeness (QED) is 0.748. The largest absolute Gasteiger partial charge is 0.496 e. The van der Waals surface area contributed by atoms with Crippen molar-refractivity contribution in [2.75, 3.05) is 7.11 Å². The molecule has 0 aromatic heterocycles. The van der Waals surface area contributed by atoms with E-state index in [9.17, 15) is 4.39 Å². The molecule has 3 heteroatoms. The van der Waals surface area contributed by atoms with Crippen LogP contribution in [0.1, 0.15) is 23.6 Å². The Bertz CT molecular complexity index is 639. The summed E-state index contributed by atoms with van der Waals surface area (Å²) in [6, 6.07) is 10.4. The van der Waals surface area contributed by atoms with Crippen LogP contribution in [0.4, 0.5) is 10.1 Å². The predicted octanol–water partition coefficient (Wildman–Crippen LogP) is 4.59. The fraction of sp³-hybridized carbons (Fsp3) is 0.235. The third kappa shape index (κ3) is 3.05. The molecule has 20 heavy (non-hydrogen) atoms. The molecule has 2 nitrogen and oxygen atoms in total. The highest BCUT2D eigenvalue weighted by atomic mass is 19.1. The summed E-state index contributed by atoms with van der Waals surface area (Å²) in [5.74, 6) is 0.631. The van der Waals surface area contributed by atoms with Crippen molar-refractivity contribution in [1.82, 2.24) is 0 Å². The SMILES string of the molecule is COc1c(C)cc(N=C(C)c2cccc(F)c2)cc1C. The maximum absolute atomic E-state index is 13.2. The van der Waals surface area contributed by atoms with E-state index >= 15 is 0 Å². The average molecular weight is 271 g/mol. The topological polar surface area (TPSA) is 21.6 Å². The van der Waals surface area contributed by atoms with Crippen LogP contribution in [-0.2, 0) is 0 Å². The lowest BCUT2D eigenvalue weighted by Gasteiger charge is -2.10. The maximum Gasteiger partial charge on any atom is 0.124 e. The Morgan fingerprint density at radius 3 is 2.30 bits per heavy atom. The summed E-state index contributed by atoms with van der Waals surface area (Å²) >= 11 is 0. The molecular formula is C17H18FNO. The molecule has 0 heterocycles. The van der Waals surface area contributed by atoms with E-state index in [0.29, 0.717) is 0 Å². The van der Waals surface area contributed by atoms with Crippen LogP contribution < -0.4 is 4.74 Å². The fourth-order valence-corrected chi connectivity index (χ4v) is 2.29. The van der Waals surface area contributed by atoms with Crippen LogP contribution in [0.2, 0.25) is 0 Å². The molecule has 0 saturated heterocycles. The van der Waals surface area contributed by atoms with Crippen molar-refractivity contribution < 1.29 is 9.13 Å². The molecule has 0 radical (unpaired) electrons. The molecule has 0 atom stereocenters. The van der Waals surface area contributed by atoms with Crippen LogP contribution in [0.25, 0.3) is 0 Å². The third-order valence-corrected chi connectivity index (χ3v) is 3.19. The highest BCUT2D eigenvalue weighted by Gasteiger charge is 2.06. The lowest BCUT2D eigenvalue weighted by molar-refractivity contribution is 0.408. The van der Waals surface area contributed by atoms with Crippen molar-refractivity contribution in [2.24, 2.45) is 4.99 Å². The van der Waals surface area contributed by atoms with Crippen molar-refractivity contribution in [3.8, 4) is 5.75 Å². The average Bonchev–Trinajstić information content (AvgIpc) is 2.38. The first-order chi connectivity index (χ1) is 9.51. The molecule has 0 amide bonds. The van der Waals surface area contributed by atoms with E-state index in [1.807, 2.05) is 39.0 Å². The molecular weight excluding hydrogens is 253 g/mol. The molecule has 104 valence electrons. The zero-order valence-corrected chi connectivity index (χ0v) is 12.2. The van der Waals surface area contributed by atoms with Crippen LogP contribution >= 0.6 is 0 Å². The number of aryl methyl sites for hydroxylation is 2. The van der Waals surface area contributed by atoms with Gasteiger partial charge in [-0.05, 0) is 61.7 Å². The first-order valence-corrected chi connectivity index (χ1v) is 6.47. The van der Waals surface area contributed by atoms with Crippen molar-refractivity contribution >= 4 is 11.4 Å². The van der Waals surface area contributed by atoms with E-state index in [-0.39, 0.29) is 5.82 Å². The van der Waals surface area contributed by atoms with Gasteiger partial charge < -0.3 is 4.74 Å². The smallest absolute Gasteiger partial charge is 0.124 e. The number of aliphatic imine (C=N–C) groups is 1. The van der Waals surface area contributed by atoms with Gasteiger partial charge in [-0.3, -0.25) is 4.99 Å². The highest BCUT2D eigenvalue weighted by Crippen LogP contribution is 2.28. The van der Waals surface area contributed by atoms with Crippen LogP contribution in [0.5, 0.6) is 5.75 Å². The minimum atomic E-state index is -0.251. The summed E-state index contributed by atoms with van der Waals surface area (Å²) in [6.07, 6.45) is 0. The summed E-state index contributed by atoms with van der Waals surface area (Å²) in [4.78, 5) is 4.56. The van der Waals surface area contributed by atoms with Crippen LogP contribution in [0.15, 0.2) is 41.4 Å². The van der Waals surface area contributed by atoms with Gasteiger partial charge in [0.2, 0.25) is 0 Å². The molecule has 0 unspecified atom stereocenters. The molecule has 0 N–H and O–H groups in total. The van der Waals surface area contributed by atoms with Gasteiger partial charge in [0.1, 0.15) is 11.6 Å². The Balaban J connectivity index is 2.40. The molecule has 0 fully saturated rings. The summed E-state index contributed by atoms with van der Waals surface area (Å²) in [5, 5.41) is 0. The van der Waals surface area contributed by atoms with Crippen LogP contribution in [0, 0.1) is 19.7 Å². The third-order valence-electron chi connectivity index (χ3n) is 3.19. The van der Waals surface area contributed by atoms with E-state index < -0.39 is 0 Å². The Morgan fingerprint density at radius 1 is 1.10 bits per heavy atom. The van der Waals surface area contributed by atoms with Crippen LogP contribution in [0.3, 0.4) is 0 Å². The monoisotopic (exact) mass is 271 g/mol. The second kappa shape index (κ2) is 5.87. The second-order valence-electron chi connectivity index (χ2n) is 4.82. The molecule has 0 spiro atoms. The summed E-state index contributed by atoms with van der Waals surface area (Å²) in [5.41, 5.74) is 4.50. The molecule has 2 rings (SSSR count). The molecule has 2 aromatic rings.